The lowest BCUT2D eigenvalue weighted by molar-refractivity contribution is -0.0250. The molecule has 1 heterocycles. The summed E-state index contributed by atoms with van der Waals surface area (Å²) in [5.74, 6) is -2.72. The smallest absolute Gasteiger partial charge is 0.273 e. The van der Waals surface area contributed by atoms with E-state index >= 15 is 0 Å². The molecule has 1 aromatic rings. The van der Waals surface area contributed by atoms with Gasteiger partial charge in [-0.25, -0.2) is 8.78 Å². The zero-order chi connectivity index (χ0) is 13.9. The highest BCUT2D eigenvalue weighted by atomic mass is 19.3. The highest BCUT2D eigenvalue weighted by Crippen LogP contribution is 2.35. The van der Waals surface area contributed by atoms with Crippen LogP contribution in [0.25, 0.3) is 0 Å². The van der Waals surface area contributed by atoms with Crippen molar-refractivity contribution < 1.29 is 8.78 Å². The lowest BCUT2D eigenvalue weighted by Gasteiger charge is -2.20. The molecule has 0 aliphatic carbocycles. The van der Waals surface area contributed by atoms with Crippen LogP contribution < -0.4 is 5.32 Å². The average molecular weight is 267 g/mol. The Morgan fingerprint density at radius 3 is 2.79 bits per heavy atom. The van der Waals surface area contributed by atoms with E-state index in [1.165, 1.54) is 6.42 Å². The van der Waals surface area contributed by atoms with Crippen LogP contribution in [0.4, 0.5) is 8.78 Å². The molecule has 0 saturated carbocycles. The first-order valence-corrected chi connectivity index (χ1v) is 7.18. The Bertz CT molecular complexity index is 409. The molecular weight excluding hydrogens is 244 g/mol. The monoisotopic (exact) mass is 267 g/mol. The van der Waals surface area contributed by atoms with Crippen molar-refractivity contribution in [3.05, 3.63) is 35.4 Å². The summed E-state index contributed by atoms with van der Waals surface area (Å²) in [6, 6.07) is 7.40. The van der Waals surface area contributed by atoms with Gasteiger partial charge >= 0.3 is 0 Å². The Balaban J connectivity index is 2.09. The molecule has 106 valence electrons. The zero-order valence-corrected chi connectivity index (χ0v) is 11.8. The molecule has 1 aromatic carbocycles. The van der Waals surface area contributed by atoms with Gasteiger partial charge in [0.05, 0.1) is 0 Å². The van der Waals surface area contributed by atoms with Crippen molar-refractivity contribution >= 4 is 0 Å². The number of hydrogen-bond donors (Lipinski definition) is 1. The quantitative estimate of drug-likeness (QED) is 0.846. The molecule has 3 heteroatoms. The molecule has 19 heavy (non-hydrogen) atoms. The molecule has 1 nitrogen and oxygen atoms in total. The Kier molecular flexibility index (Phi) is 4.56. The highest BCUT2D eigenvalue weighted by molar-refractivity contribution is 5.27. The van der Waals surface area contributed by atoms with Gasteiger partial charge in [-0.2, -0.15) is 0 Å². The molecule has 0 radical (unpaired) electrons. The Hall–Kier alpha value is -0.960. The van der Waals surface area contributed by atoms with Gasteiger partial charge in [0, 0.05) is 18.0 Å². The number of rotatable bonds is 5. The van der Waals surface area contributed by atoms with Gasteiger partial charge < -0.3 is 5.32 Å². The fraction of sp³-hybridized carbons (Fsp3) is 0.625. The first-order chi connectivity index (χ1) is 8.97. The molecule has 0 aromatic heterocycles. The van der Waals surface area contributed by atoms with Crippen LogP contribution in [0.3, 0.4) is 0 Å². The second-order valence-electron chi connectivity index (χ2n) is 6.00. The van der Waals surface area contributed by atoms with E-state index in [1.807, 2.05) is 19.9 Å². The Morgan fingerprint density at radius 1 is 1.37 bits per heavy atom. The fourth-order valence-electron chi connectivity index (χ4n) is 2.77. The van der Waals surface area contributed by atoms with Gasteiger partial charge in [-0.15, -0.1) is 0 Å². The van der Waals surface area contributed by atoms with Gasteiger partial charge in [0.25, 0.3) is 5.92 Å². The highest BCUT2D eigenvalue weighted by Gasteiger charge is 2.32. The minimum Gasteiger partial charge on any atom is -0.314 e. The maximum atomic E-state index is 14.1. The lowest BCUT2D eigenvalue weighted by Crippen LogP contribution is -2.24. The largest absolute Gasteiger partial charge is 0.314 e. The van der Waals surface area contributed by atoms with Crippen molar-refractivity contribution in [2.45, 2.75) is 51.5 Å². The number of hydrogen-bond acceptors (Lipinski definition) is 1. The SMILES string of the molecule is CC(C)CC(F)(F)c1cccc(CC2CCCN2)c1. The van der Waals surface area contributed by atoms with Crippen LogP contribution >= 0.6 is 0 Å². The molecule has 0 spiro atoms. The Morgan fingerprint density at radius 2 is 2.16 bits per heavy atom. The van der Waals surface area contributed by atoms with Crippen molar-refractivity contribution in [2.24, 2.45) is 5.92 Å². The van der Waals surface area contributed by atoms with Crippen LogP contribution in [-0.4, -0.2) is 12.6 Å². The molecule has 1 saturated heterocycles. The summed E-state index contributed by atoms with van der Waals surface area (Å²) < 4.78 is 28.2. The van der Waals surface area contributed by atoms with Gasteiger partial charge in [0.2, 0.25) is 0 Å². The van der Waals surface area contributed by atoms with Gasteiger partial charge in [-0.1, -0.05) is 32.0 Å². The van der Waals surface area contributed by atoms with Crippen LogP contribution in [0.5, 0.6) is 0 Å². The van der Waals surface area contributed by atoms with Crippen LogP contribution in [0.2, 0.25) is 0 Å². The first kappa shape index (κ1) is 14.4. The average Bonchev–Trinajstić information content (AvgIpc) is 2.80. The van der Waals surface area contributed by atoms with E-state index in [0.29, 0.717) is 6.04 Å². The van der Waals surface area contributed by atoms with E-state index in [-0.39, 0.29) is 17.9 Å². The molecule has 0 bridgehead atoms. The summed E-state index contributed by atoms with van der Waals surface area (Å²) in [4.78, 5) is 0. The van der Waals surface area contributed by atoms with Gasteiger partial charge in [0.1, 0.15) is 0 Å². The summed E-state index contributed by atoms with van der Waals surface area (Å²) >= 11 is 0. The van der Waals surface area contributed by atoms with Crippen molar-refractivity contribution in [3.63, 3.8) is 0 Å². The predicted octanol–water partition coefficient (Wildman–Crippen LogP) is 4.12. The normalized spacial score (nSPS) is 20.2. The minimum atomic E-state index is -2.71. The van der Waals surface area contributed by atoms with Gasteiger partial charge in [-0.3, -0.25) is 0 Å². The molecule has 1 unspecified atom stereocenters. The molecule has 1 N–H and O–H groups in total. The molecule has 2 rings (SSSR count). The van der Waals surface area contributed by atoms with Crippen LogP contribution in [0, 0.1) is 5.92 Å². The third kappa shape index (κ3) is 4.00. The van der Waals surface area contributed by atoms with E-state index in [0.717, 1.165) is 24.9 Å². The number of benzene rings is 1. The second kappa shape index (κ2) is 6.00. The van der Waals surface area contributed by atoms with Crippen molar-refractivity contribution in [1.29, 1.82) is 0 Å². The third-order valence-corrected chi connectivity index (χ3v) is 3.66. The van der Waals surface area contributed by atoms with Crippen molar-refractivity contribution in [2.75, 3.05) is 6.54 Å². The van der Waals surface area contributed by atoms with Crippen molar-refractivity contribution in [1.82, 2.24) is 5.32 Å². The third-order valence-electron chi connectivity index (χ3n) is 3.66. The minimum absolute atomic E-state index is 0.00449. The van der Waals surface area contributed by atoms with E-state index in [2.05, 4.69) is 5.32 Å². The first-order valence-electron chi connectivity index (χ1n) is 7.18. The van der Waals surface area contributed by atoms with Gasteiger partial charge in [0.15, 0.2) is 0 Å². The summed E-state index contributed by atoms with van der Waals surface area (Å²) in [7, 11) is 0. The molecule has 1 aliphatic heterocycles. The maximum Gasteiger partial charge on any atom is 0.273 e. The topological polar surface area (TPSA) is 12.0 Å². The maximum absolute atomic E-state index is 14.1. The van der Waals surface area contributed by atoms with Crippen LogP contribution in [0.1, 0.15) is 44.2 Å². The van der Waals surface area contributed by atoms with Crippen molar-refractivity contribution in [3.8, 4) is 0 Å². The molecule has 1 aliphatic rings. The molecule has 0 amide bonds. The lowest BCUT2D eigenvalue weighted by atomic mass is 9.95. The van der Waals surface area contributed by atoms with E-state index < -0.39 is 5.92 Å². The molecular formula is C16H23F2N. The summed E-state index contributed by atoms with van der Waals surface area (Å²) in [5, 5.41) is 3.41. The van der Waals surface area contributed by atoms with E-state index in [9.17, 15) is 8.78 Å². The Labute approximate surface area is 114 Å². The fourth-order valence-corrected chi connectivity index (χ4v) is 2.77. The summed E-state index contributed by atoms with van der Waals surface area (Å²) in [6.07, 6.45) is 3.10. The summed E-state index contributed by atoms with van der Waals surface area (Å²) in [5.41, 5.74) is 1.18. The number of alkyl halides is 2. The zero-order valence-electron chi connectivity index (χ0n) is 11.8. The molecule has 1 atom stereocenters. The number of nitrogens with one attached hydrogen (secondary N) is 1. The van der Waals surface area contributed by atoms with Crippen LogP contribution in [-0.2, 0) is 12.3 Å². The van der Waals surface area contributed by atoms with Crippen LogP contribution in [0.15, 0.2) is 24.3 Å². The summed E-state index contributed by atoms with van der Waals surface area (Å²) in [6.45, 7) is 4.72. The second-order valence-corrected chi connectivity index (χ2v) is 6.00. The van der Waals surface area contributed by atoms with E-state index in [1.54, 1.807) is 18.2 Å². The van der Waals surface area contributed by atoms with E-state index in [4.69, 9.17) is 0 Å². The predicted molar refractivity (Wildman–Crippen MR) is 74.5 cm³/mol. The van der Waals surface area contributed by atoms with Gasteiger partial charge in [-0.05, 0) is 43.4 Å². The number of halogens is 2. The standard InChI is InChI=1S/C16H23F2N/c1-12(2)11-16(17,18)14-6-3-5-13(9-14)10-15-7-4-8-19-15/h3,5-6,9,12,15,19H,4,7-8,10-11H2,1-2H3. The molecule has 1 fully saturated rings.